The van der Waals surface area contributed by atoms with Crippen molar-refractivity contribution in [3.63, 3.8) is 0 Å². The largest absolute Gasteiger partial charge is 0.321 e. The lowest BCUT2D eigenvalue weighted by Gasteiger charge is -2.06. The van der Waals surface area contributed by atoms with Gasteiger partial charge < -0.3 is 5.32 Å². The Balaban J connectivity index is 2.23. The van der Waals surface area contributed by atoms with Gasteiger partial charge in [0.2, 0.25) is 0 Å². The van der Waals surface area contributed by atoms with Crippen LogP contribution in [0.1, 0.15) is 20.8 Å². The lowest BCUT2D eigenvalue weighted by atomic mass is 10.1. The number of thiophene rings is 1. The summed E-state index contributed by atoms with van der Waals surface area (Å²) in [6.45, 7) is 3.96. The second-order valence-corrected chi connectivity index (χ2v) is 5.26. The van der Waals surface area contributed by atoms with E-state index in [0.29, 0.717) is 16.3 Å². The second-order valence-electron chi connectivity index (χ2n) is 3.76. The molecule has 2 nitrogen and oxygen atoms in total. The van der Waals surface area contributed by atoms with Crippen molar-refractivity contribution in [2.75, 3.05) is 5.32 Å². The monoisotopic (exact) mass is 265 g/mol. The topological polar surface area (TPSA) is 29.1 Å². The number of nitrogens with one attached hydrogen (secondary N) is 1. The minimum Gasteiger partial charge on any atom is -0.321 e. The summed E-state index contributed by atoms with van der Waals surface area (Å²) in [6.07, 6.45) is 0. The summed E-state index contributed by atoms with van der Waals surface area (Å²) in [5, 5.41) is 5.24. The van der Waals surface area contributed by atoms with Crippen molar-refractivity contribution in [1.29, 1.82) is 0 Å². The number of halogens is 1. The number of aryl methyl sites for hydroxylation is 1. The first-order valence-corrected chi connectivity index (χ1v) is 6.46. The predicted molar refractivity (Wildman–Crippen MR) is 73.2 cm³/mol. The zero-order valence-electron chi connectivity index (χ0n) is 9.58. The molecule has 0 fully saturated rings. The molecule has 0 saturated carbocycles. The summed E-state index contributed by atoms with van der Waals surface area (Å²) in [6, 6.07) is 7.21. The van der Waals surface area contributed by atoms with Gasteiger partial charge >= 0.3 is 0 Å². The van der Waals surface area contributed by atoms with Gasteiger partial charge in [-0.2, -0.15) is 0 Å². The number of rotatable bonds is 2. The van der Waals surface area contributed by atoms with Gasteiger partial charge in [0.1, 0.15) is 0 Å². The molecule has 0 saturated heterocycles. The fourth-order valence-corrected chi connectivity index (χ4v) is 2.54. The van der Waals surface area contributed by atoms with E-state index in [1.165, 1.54) is 0 Å². The van der Waals surface area contributed by atoms with Crippen LogP contribution in [0.3, 0.4) is 0 Å². The molecule has 0 atom stereocenters. The number of carbonyl (C=O) groups is 1. The molecule has 88 valence electrons. The molecule has 0 unspecified atom stereocenters. The Bertz CT molecular complexity index is 562. The molecule has 0 aliphatic rings. The van der Waals surface area contributed by atoms with Crippen molar-refractivity contribution in [2.24, 2.45) is 0 Å². The SMILES string of the molecule is Cc1scc(C(=O)Nc2ccccc2Cl)c1C. The maximum absolute atomic E-state index is 12.0. The van der Waals surface area contributed by atoms with Crippen LogP contribution >= 0.6 is 22.9 Å². The van der Waals surface area contributed by atoms with E-state index in [0.717, 1.165) is 10.4 Å². The Morgan fingerprint density at radius 1 is 1.29 bits per heavy atom. The maximum atomic E-state index is 12.0. The van der Waals surface area contributed by atoms with Gasteiger partial charge in [0, 0.05) is 10.3 Å². The Kier molecular flexibility index (Phi) is 3.50. The molecule has 2 rings (SSSR count). The van der Waals surface area contributed by atoms with E-state index in [2.05, 4.69) is 5.32 Å². The Morgan fingerprint density at radius 2 is 2.00 bits per heavy atom. The van der Waals surface area contributed by atoms with Crippen LogP contribution < -0.4 is 5.32 Å². The van der Waals surface area contributed by atoms with Crippen LogP contribution in [-0.2, 0) is 0 Å². The standard InChI is InChI=1S/C13H12ClNOS/c1-8-9(2)17-7-10(8)13(16)15-12-6-4-3-5-11(12)14/h3-7H,1-2H3,(H,15,16). The quantitative estimate of drug-likeness (QED) is 0.863. The number of anilines is 1. The highest BCUT2D eigenvalue weighted by Gasteiger charge is 2.13. The first-order chi connectivity index (χ1) is 8.09. The molecule has 1 aromatic carbocycles. The average molecular weight is 266 g/mol. The summed E-state index contributed by atoms with van der Waals surface area (Å²) in [4.78, 5) is 13.2. The maximum Gasteiger partial charge on any atom is 0.256 e. The molecule has 2 aromatic rings. The molecule has 17 heavy (non-hydrogen) atoms. The van der Waals surface area contributed by atoms with E-state index >= 15 is 0 Å². The smallest absolute Gasteiger partial charge is 0.256 e. The van der Waals surface area contributed by atoms with E-state index < -0.39 is 0 Å². The van der Waals surface area contributed by atoms with E-state index in [-0.39, 0.29) is 5.91 Å². The summed E-state index contributed by atoms with van der Waals surface area (Å²) >= 11 is 7.57. The van der Waals surface area contributed by atoms with Crippen LogP contribution in [0.15, 0.2) is 29.6 Å². The fourth-order valence-electron chi connectivity index (χ4n) is 1.49. The Hall–Kier alpha value is -1.32. The van der Waals surface area contributed by atoms with Crippen molar-refractivity contribution < 1.29 is 4.79 Å². The van der Waals surface area contributed by atoms with Crippen molar-refractivity contribution >= 4 is 34.5 Å². The normalized spacial score (nSPS) is 10.3. The minimum atomic E-state index is -0.111. The highest BCUT2D eigenvalue weighted by molar-refractivity contribution is 7.10. The number of benzene rings is 1. The fraction of sp³-hybridized carbons (Fsp3) is 0.154. The molecular weight excluding hydrogens is 254 g/mol. The van der Waals surface area contributed by atoms with Crippen molar-refractivity contribution in [1.82, 2.24) is 0 Å². The summed E-state index contributed by atoms with van der Waals surface area (Å²) in [5.41, 5.74) is 2.38. The molecule has 1 amide bonds. The highest BCUT2D eigenvalue weighted by atomic mass is 35.5. The van der Waals surface area contributed by atoms with Crippen LogP contribution in [0.2, 0.25) is 5.02 Å². The molecule has 0 aliphatic heterocycles. The molecule has 0 spiro atoms. The molecule has 1 aromatic heterocycles. The van der Waals surface area contributed by atoms with Gasteiger partial charge in [-0.05, 0) is 31.5 Å². The van der Waals surface area contributed by atoms with E-state index in [4.69, 9.17) is 11.6 Å². The zero-order valence-corrected chi connectivity index (χ0v) is 11.2. The summed E-state index contributed by atoms with van der Waals surface area (Å²) in [5.74, 6) is -0.111. The van der Waals surface area contributed by atoms with Crippen LogP contribution in [0, 0.1) is 13.8 Å². The van der Waals surface area contributed by atoms with Gasteiger partial charge in [-0.1, -0.05) is 23.7 Å². The number of hydrogen-bond donors (Lipinski definition) is 1. The molecule has 0 radical (unpaired) electrons. The van der Waals surface area contributed by atoms with Gasteiger partial charge in [-0.15, -0.1) is 11.3 Å². The third-order valence-corrected chi connectivity index (χ3v) is 4.00. The summed E-state index contributed by atoms with van der Waals surface area (Å²) < 4.78 is 0. The van der Waals surface area contributed by atoms with Gasteiger partial charge in [-0.3, -0.25) is 4.79 Å². The van der Waals surface area contributed by atoms with Crippen LogP contribution in [-0.4, -0.2) is 5.91 Å². The molecule has 1 heterocycles. The third-order valence-electron chi connectivity index (χ3n) is 2.65. The van der Waals surface area contributed by atoms with Crippen molar-refractivity contribution in [3.8, 4) is 0 Å². The minimum absolute atomic E-state index is 0.111. The highest BCUT2D eigenvalue weighted by Crippen LogP contribution is 2.24. The molecule has 1 N–H and O–H groups in total. The van der Waals surface area contributed by atoms with Crippen LogP contribution in [0.25, 0.3) is 0 Å². The number of amides is 1. The first-order valence-electron chi connectivity index (χ1n) is 5.20. The third kappa shape index (κ3) is 2.51. The van der Waals surface area contributed by atoms with Crippen molar-refractivity contribution in [3.05, 3.63) is 50.7 Å². The summed E-state index contributed by atoms with van der Waals surface area (Å²) in [7, 11) is 0. The number of para-hydroxylation sites is 1. The van der Waals surface area contributed by atoms with Crippen LogP contribution in [0.5, 0.6) is 0 Å². The Morgan fingerprint density at radius 3 is 2.59 bits per heavy atom. The molecule has 0 bridgehead atoms. The van der Waals surface area contributed by atoms with Crippen LogP contribution in [0.4, 0.5) is 5.69 Å². The van der Waals surface area contributed by atoms with Gasteiger partial charge in [0.05, 0.1) is 16.3 Å². The predicted octanol–water partition coefficient (Wildman–Crippen LogP) is 4.27. The van der Waals surface area contributed by atoms with E-state index in [1.807, 2.05) is 31.4 Å². The average Bonchev–Trinajstić information content (AvgIpc) is 2.63. The van der Waals surface area contributed by atoms with E-state index in [1.54, 1.807) is 23.5 Å². The zero-order chi connectivity index (χ0) is 12.4. The van der Waals surface area contributed by atoms with Gasteiger partial charge in [0.15, 0.2) is 0 Å². The van der Waals surface area contributed by atoms with Gasteiger partial charge in [-0.25, -0.2) is 0 Å². The van der Waals surface area contributed by atoms with Gasteiger partial charge in [0.25, 0.3) is 5.91 Å². The molecule has 0 aliphatic carbocycles. The number of carbonyl (C=O) groups excluding carboxylic acids is 1. The number of hydrogen-bond acceptors (Lipinski definition) is 2. The first kappa shape index (κ1) is 12.1. The lowest BCUT2D eigenvalue weighted by Crippen LogP contribution is -2.12. The second kappa shape index (κ2) is 4.90. The van der Waals surface area contributed by atoms with E-state index in [9.17, 15) is 4.79 Å². The lowest BCUT2D eigenvalue weighted by molar-refractivity contribution is 0.102. The molecular formula is C13H12ClNOS. The van der Waals surface area contributed by atoms with Crippen molar-refractivity contribution in [2.45, 2.75) is 13.8 Å². The molecule has 4 heteroatoms. The Labute approximate surface area is 109 Å².